The van der Waals surface area contributed by atoms with Crippen molar-refractivity contribution in [3.63, 3.8) is 0 Å². The molecule has 0 aliphatic carbocycles. The number of benzene rings is 1. The molecule has 2 rings (SSSR count). The first kappa shape index (κ1) is 17.1. The van der Waals surface area contributed by atoms with E-state index in [1.54, 1.807) is 30.0 Å². The van der Waals surface area contributed by atoms with Crippen molar-refractivity contribution in [1.82, 2.24) is 10.0 Å². The molecule has 1 saturated heterocycles. The minimum atomic E-state index is -3.46. The number of rotatable bonds is 7. The molecule has 0 bridgehead atoms. The third-order valence-corrected chi connectivity index (χ3v) is 6.37. The van der Waals surface area contributed by atoms with E-state index in [-0.39, 0.29) is 10.9 Å². The van der Waals surface area contributed by atoms with Gasteiger partial charge in [0.2, 0.25) is 10.0 Å². The quantitative estimate of drug-likeness (QED) is 0.744. The van der Waals surface area contributed by atoms with Crippen LogP contribution >= 0.6 is 23.4 Å². The first-order chi connectivity index (χ1) is 10.0. The summed E-state index contributed by atoms with van der Waals surface area (Å²) in [5.41, 5.74) is 0.814. The average Bonchev–Trinajstić information content (AvgIpc) is 2.93. The zero-order valence-corrected chi connectivity index (χ0v) is 14.5. The van der Waals surface area contributed by atoms with Crippen LogP contribution in [0.5, 0.6) is 0 Å². The molecule has 0 aromatic heterocycles. The van der Waals surface area contributed by atoms with E-state index in [0.29, 0.717) is 11.6 Å². The van der Waals surface area contributed by atoms with Gasteiger partial charge >= 0.3 is 0 Å². The maximum Gasteiger partial charge on any atom is 0.240 e. The highest BCUT2D eigenvalue weighted by Crippen LogP contribution is 2.23. The smallest absolute Gasteiger partial charge is 0.240 e. The average molecular weight is 349 g/mol. The van der Waals surface area contributed by atoms with Gasteiger partial charge in [-0.3, -0.25) is 0 Å². The van der Waals surface area contributed by atoms with Crippen molar-refractivity contribution in [3.05, 3.63) is 28.8 Å². The zero-order chi connectivity index (χ0) is 15.3. The van der Waals surface area contributed by atoms with Gasteiger partial charge in [-0.1, -0.05) is 18.5 Å². The van der Waals surface area contributed by atoms with Crippen LogP contribution in [0.1, 0.15) is 25.3 Å². The summed E-state index contributed by atoms with van der Waals surface area (Å²) < 4.78 is 27.6. The van der Waals surface area contributed by atoms with Crippen molar-refractivity contribution < 1.29 is 8.42 Å². The van der Waals surface area contributed by atoms with Crippen molar-refractivity contribution in [2.45, 2.75) is 37.2 Å². The summed E-state index contributed by atoms with van der Waals surface area (Å²) in [7, 11) is -3.46. The van der Waals surface area contributed by atoms with Gasteiger partial charge < -0.3 is 5.32 Å². The monoisotopic (exact) mass is 348 g/mol. The summed E-state index contributed by atoms with van der Waals surface area (Å²) in [6.45, 7) is 3.54. The van der Waals surface area contributed by atoms with Crippen LogP contribution in [0.15, 0.2) is 23.1 Å². The van der Waals surface area contributed by atoms with Crippen LogP contribution in [0.3, 0.4) is 0 Å². The van der Waals surface area contributed by atoms with Crippen molar-refractivity contribution >= 4 is 33.4 Å². The van der Waals surface area contributed by atoms with Crippen molar-refractivity contribution in [2.75, 3.05) is 18.1 Å². The van der Waals surface area contributed by atoms with E-state index in [0.717, 1.165) is 36.5 Å². The fraction of sp³-hybridized carbons (Fsp3) is 0.571. The molecule has 1 aromatic rings. The maximum absolute atomic E-state index is 12.4. The molecule has 0 saturated carbocycles. The van der Waals surface area contributed by atoms with Gasteiger partial charge in [0, 0.05) is 23.4 Å². The summed E-state index contributed by atoms with van der Waals surface area (Å²) in [4.78, 5) is 0.289. The zero-order valence-electron chi connectivity index (χ0n) is 12.1. The number of nitrogens with one attached hydrogen (secondary N) is 2. The Morgan fingerprint density at radius 3 is 2.90 bits per heavy atom. The Morgan fingerprint density at radius 1 is 1.43 bits per heavy atom. The maximum atomic E-state index is 12.4. The second-order valence-corrected chi connectivity index (χ2v) is 8.38. The van der Waals surface area contributed by atoms with Gasteiger partial charge in [0.05, 0.1) is 4.90 Å². The first-order valence-electron chi connectivity index (χ1n) is 7.12. The lowest BCUT2D eigenvalue weighted by Gasteiger charge is -2.13. The molecular formula is C14H21ClN2O2S2. The fourth-order valence-electron chi connectivity index (χ4n) is 2.17. The molecule has 1 atom stereocenters. The van der Waals surface area contributed by atoms with E-state index in [4.69, 9.17) is 11.6 Å². The third-order valence-electron chi connectivity index (χ3n) is 3.32. The number of hydrogen-bond donors (Lipinski definition) is 2. The summed E-state index contributed by atoms with van der Waals surface area (Å²) in [5.74, 6) is 1.86. The Balaban J connectivity index is 2.12. The molecule has 0 radical (unpaired) electrons. The Labute approximate surface area is 136 Å². The Bertz CT molecular complexity index is 572. The van der Waals surface area contributed by atoms with Gasteiger partial charge in [-0.2, -0.15) is 11.8 Å². The van der Waals surface area contributed by atoms with Crippen molar-refractivity contribution in [2.24, 2.45) is 0 Å². The highest BCUT2D eigenvalue weighted by molar-refractivity contribution is 7.99. The van der Waals surface area contributed by atoms with E-state index in [9.17, 15) is 8.42 Å². The van der Waals surface area contributed by atoms with Crippen LogP contribution in [0.2, 0.25) is 5.02 Å². The molecule has 1 fully saturated rings. The van der Waals surface area contributed by atoms with Crippen LogP contribution < -0.4 is 10.0 Å². The number of thioether (sulfide) groups is 1. The molecule has 7 heteroatoms. The minimum absolute atomic E-state index is 0.0392. The number of sulfonamides is 1. The molecule has 0 spiro atoms. The van der Waals surface area contributed by atoms with Gasteiger partial charge in [-0.15, -0.1) is 0 Å². The molecule has 1 aliphatic heterocycles. The molecule has 0 amide bonds. The molecule has 1 aliphatic rings. The highest BCUT2D eigenvalue weighted by Gasteiger charge is 2.23. The van der Waals surface area contributed by atoms with Crippen molar-refractivity contribution in [1.29, 1.82) is 0 Å². The largest absolute Gasteiger partial charge is 0.313 e. The molecule has 4 nitrogen and oxygen atoms in total. The summed E-state index contributed by atoms with van der Waals surface area (Å²) >= 11 is 7.92. The van der Waals surface area contributed by atoms with E-state index in [1.807, 2.05) is 0 Å². The normalized spacial score (nSPS) is 19.0. The topological polar surface area (TPSA) is 58.2 Å². The molecule has 21 heavy (non-hydrogen) atoms. The summed E-state index contributed by atoms with van der Waals surface area (Å²) in [6.07, 6.45) is 1.92. The molecule has 2 N–H and O–H groups in total. The van der Waals surface area contributed by atoms with Gasteiger partial charge in [0.25, 0.3) is 0 Å². The summed E-state index contributed by atoms with van der Waals surface area (Å²) in [5, 5.41) is 3.83. The highest BCUT2D eigenvalue weighted by atomic mass is 35.5. The standard InChI is InChI=1S/C14H21ClN2O2S2/c1-2-6-16-9-11-8-13(3-4-14(11)15)21(18,19)17-12-5-7-20-10-12/h3-4,8,12,16-17H,2,5-7,9-10H2,1H3. The SMILES string of the molecule is CCCNCc1cc(S(=O)(=O)NC2CCSC2)ccc1Cl. The second kappa shape index (κ2) is 7.83. The molecule has 1 unspecified atom stereocenters. The van der Waals surface area contributed by atoms with E-state index >= 15 is 0 Å². The molecule has 1 aromatic carbocycles. The van der Waals surface area contributed by atoms with Crippen LogP contribution in [-0.2, 0) is 16.6 Å². The fourth-order valence-corrected chi connectivity index (χ4v) is 4.93. The van der Waals surface area contributed by atoms with Crippen LogP contribution in [0.25, 0.3) is 0 Å². The van der Waals surface area contributed by atoms with E-state index < -0.39 is 10.0 Å². The molecule has 118 valence electrons. The van der Waals surface area contributed by atoms with Crippen molar-refractivity contribution in [3.8, 4) is 0 Å². The van der Waals surface area contributed by atoms with Gasteiger partial charge in [0.15, 0.2) is 0 Å². The van der Waals surface area contributed by atoms with Gasteiger partial charge in [0.1, 0.15) is 0 Å². The van der Waals surface area contributed by atoms with Crippen LogP contribution in [0, 0.1) is 0 Å². The lowest BCUT2D eigenvalue weighted by molar-refractivity contribution is 0.563. The minimum Gasteiger partial charge on any atom is -0.313 e. The predicted octanol–water partition coefficient (Wildman–Crippen LogP) is 2.62. The number of halogens is 1. The first-order valence-corrected chi connectivity index (χ1v) is 10.1. The van der Waals surface area contributed by atoms with Crippen LogP contribution in [-0.4, -0.2) is 32.5 Å². The van der Waals surface area contributed by atoms with Gasteiger partial charge in [-0.05, 0) is 48.9 Å². The van der Waals surface area contributed by atoms with Crippen LogP contribution in [0.4, 0.5) is 0 Å². The Kier molecular flexibility index (Phi) is 6.37. The molecule has 1 heterocycles. The lowest BCUT2D eigenvalue weighted by Crippen LogP contribution is -2.34. The summed E-state index contributed by atoms with van der Waals surface area (Å²) in [6, 6.07) is 4.92. The third kappa shape index (κ3) is 4.86. The molecular weight excluding hydrogens is 328 g/mol. The van der Waals surface area contributed by atoms with E-state index in [1.165, 1.54) is 0 Å². The number of hydrogen-bond acceptors (Lipinski definition) is 4. The Morgan fingerprint density at radius 2 is 2.24 bits per heavy atom. The predicted molar refractivity (Wildman–Crippen MR) is 89.5 cm³/mol. The second-order valence-electron chi connectivity index (χ2n) is 5.11. The Hall–Kier alpha value is -0.270. The van der Waals surface area contributed by atoms with E-state index in [2.05, 4.69) is 17.0 Å². The van der Waals surface area contributed by atoms with Gasteiger partial charge in [-0.25, -0.2) is 13.1 Å². The lowest BCUT2D eigenvalue weighted by atomic mass is 10.2.